The van der Waals surface area contributed by atoms with Crippen LogP contribution in [0.15, 0.2) is 0 Å². The molecule has 1 aliphatic rings. The van der Waals surface area contributed by atoms with E-state index >= 15 is 0 Å². The number of rotatable bonds is 28. The maximum Gasteiger partial charge on any atom is 0.472 e. The molecule has 0 aromatic rings. The van der Waals surface area contributed by atoms with Crippen LogP contribution in [0, 0.1) is 59.7 Å². The average molecular weight is 961 g/mol. The van der Waals surface area contributed by atoms with Gasteiger partial charge in [-0.1, -0.05) is 84.0 Å². The number of terminal acetylenes is 1. The molecule has 62 heavy (non-hydrogen) atoms. The lowest BCUT2D eigenvalue weighted by molar-refractivity contribution is -0.209. The number of aliphatic hydroxyl groups excluding tert-OH is 2. The van der Waals surface area contributed by atoms with Gasteiger partial charge in [-0.3, -0.25) is 27.4 Å². The van der Waals surface area contributed by atoms with Crippen LogP contribution < -0.4 is 0 Å². The lowest BCUT2D eigenvalue weighted by Crippen LogP contribution is -2.65. The molecule has 348 valence electrons. The van der Waals surface area contributed by atoms with Crippen molar-refractivity contribution < 1.29 is 104 Å². The lowest BCUT2D eigenvalue weighted by Gasteiger charge is -2.45. The number of ether oxygens (including phenoxy) is 2. The Kier molecular flexibility index (Phi) is 27.2. The van der Waals surface area contributed by atoms with Crippen molar-refractivity contribution in [2.45, 2.75) is 140 Å². The highest BCUT2D eigenvalue weighted by atomic mass is 31.2. The summed E-state index contributed by atoms with van der Waals surface area (Å²) in [7, 11) is -23.1. The second-order valence-corrected chi connectivity index (χ2v) is 18.3. The molecule has 6 unspecified atom stereocenters. The first kappa shape index (κ1) is 57.1. The van der Waals surface area contributed by atoms with Crippen LogP contribution in [0.2, 0.25) is 0 Å². The highest BCUT2D eigenvalue weighted by Gasteiger charge is 2.59. The average Bonchev–Trinajstić information content (AvgIpc) is 3.16. The Morgan fingerprint density at radius 3 is 1.44 bits per heavy atom. The number of phosphoric ester groups is 4. The van der Waals surface area contributed by atoms with E-state index in [9.17, 15) is 72.3 Å². The molecule has 0 amide bonds. The van der Waals surface area contributed by atoms with Gasteiger partial charge in [-0.05, 0) is 53.8 Å². The molecule has 1 fully saturated rings. The number of hydrogen-bond donors (Lipinski definition) is 9. The first-order chi connectivity index (χ1) is 29.0. The second kappa shape index (κ2) is 29.5. The van der Waals surface area contributed by atoms with Crippen LogP contribution in [0.5, 0.6) is 0 Å². The predicted molar refractivity (Wildman–Crippen MR) is 215 cm³/mol. The first-order valence-corrected chi connectivity index (χ1v) is 25.1. The summed E-state index contributed by atoms with van der Waals surface area (Å²) in [6.07, 6.45) is 0.0140. The van der Waals surface area contributed by atoms with Gasteiger partial charge in [0.25, 0.3) is 0 Å². The molecule has 1 rings (SSSR count). The van der Waals surface area contributed by atoms with Crippen molar-refractivity contribution in [3.63, 3.8) is 0 Å². The van der Waals surface area contributed by atoms with Gasteiger partial charge in [-0.2, -0.15) is 0 Å². The van der Waals surface area contributed by atoms with E-state index in [-0.39, 0.29) is 6.42 Å². The number of unbranched alkanes of at least 4 members (excludes halogenated alkanes) is 12. The van der Waals surface area contributed by atoms with E-state index in [1.54, 1.807) is 0 Å². The molecular weight excluding hydrogens is 908 g/mol. The number of esters is 2. The molecule has 22 nitrogen and oxygen atoms in total. The molecule has 9 N–H and O–H groups in total. The minimum absolute atomic E-state index is 0.127. The van der Waals surface area contributed by atoms with Gasteiger partial charge in [0.1, 0.15) is 43.2 Å². The molecule has 0 bridgehead atoms. The molecule has 0 radical (unpaired) electrons. The second-order valence-electron chi connectivity index (χ2n) is 13.3. The summed E-state index contributed by atoms with van der Waals surface area (Å²) in [5.74, 6) is 17.7. The summed E-state index contributed by atoms with van der Waals surface area (Å²) in [6, 6.07) is 0. The standard InChI is InChI=1S/C36H52O22P4/c1-3-5-7-9-11-13-14-15-16-17-19-21-23-25-30(38)54-28(26-52-29(37)24-22-20-18-12-10-8-6-4-2)27-53-62(50,51)58-33-31(39)34(55-59(41,42)43)36(57-61(47,48)49)35(32(33)40)56-60(44,45)46/h2,28,31-36,39-40H,3,5,7,9,11,13-17,19,21,23,25-27H2,1H3,(H,50,51)(H2,41,42,43)(H2,44,45,46)(H2,47,48,49)/t28-,31-,32?,33?,34?,35?,36?/m1/s1. The van der Waals surface area contributed by atoms with Crippen molar-refractivity contribution in [3.05, 3.63) is 0 Å². The third kappa shape index (κ3) is 27.3. The van der Waals surface area contributed by atoms with Gasteiger partial charge in [-0.15, -0.1) is 6.42 Å². The topological polar surface area (TPSA) is 349 Å². The van der Waals surface area contributed by atoms with Crippen LogP contribution in [0.4, 0.5) is 0 Å². The highest BCUT2D eigenvalue weighted by molar-refractivity contribution is 7.47. The van der Waals surface area contributed by atoms with E-state index in [1.807, 2.05) is 11.8 Å². The Bertz CT molecular complexity index is 1880. The fourth-order valence-electron chi connectivity index (χ4n) is 5.61. The predicted octanol–water partition coefficient (Wildman–Crippen LogP) is 2.24. The van der Waals surface area contributed by atoms with Crippen LogP contribution in [0.25, 0.3) is 0 Å². The summed E-state index contributed by atoms with van der Waals surface area (Å²) in [6.45, 7) is 0.200. The summed E-state index contributed by atoms with van der Waals surface area (Å²) in [5.41, 5.74) is 0. The Morgan fingerprint density at radius 2 is 0.984 bits per heavy atom. The van der Waals surface area contributed by atoms with Crippen molar-refractivity contribution >= 4 is 43.2 Å². The van der Waals surface area contributed by atoms with E-state index in [4.69, 9.17) is 24.9 Å². The third-order valence-corrected chi connectivity index (χ3v) is 10.8. The molecule has 1 saturated carbocycles. The fourth-order valence-corrected chi connectivity index (χ4v) is 8.26. The van der Waals surface area contributed by atoms with E-state index in [0.717, 1.165) is 32.1 Å². The van der Waals surface area contributed by atoms with Gasteiger partial charge in [0.05, 0.1) is 6.61 Å². The smallest absolute Gasteiger partial charge is 0.456 e. The summed E-state index contributed by atoms with van der Waals surface area (Å²) >= 11 is 0. The molecule has 0 heterocycles. The molecule has 0 aromatic heterocycles. The van der Waals surface area contributed by atoms with Gasteiger partial charge in [0.15, 0.2) is 6.10 Å². The number of carbonyl (C=O) groups excluding carboxylic acids is 2. The van der Waals surface area contributed by atoms with Crippen LogP contribution in [-0.2, 0) is 59.9 Å². The van der Waals surface area contributed by atoms with Crippen molar-refractivity contribution in [2.24, 2.45) is 0 Å². The Morgan fingerprint density at radius 1 is 0.565 bits per heavy atom. The van der Waals surface area contributed by atoms with Gasteiger partial charge >= 0.3 is 43.2 Å². The zero-order valence-corrected chi connectivity index (χ0v) is 37.1. The van der Waals surface area contributed by atoms with Gasteiger partial charge < -0.3 is 53.9 Å². The van der Waals surface area contributed by atoms with Crippen molar-refractivity contribution in [3.8, 4) is 59.7 Å². The van der Waals surface area contributed by atoms with Gasteiger partial charge in [-0.25, -0.2) is 23.1 Å². The minimum Gasteiger partial charge on any atom is -0.456 e. The Labute approximate surface area is 359 Å². The zero-order valence-electron chi connectivity index (χ0n) is 33.6. The van der Waals surface area contributed by atoms with E-state index in [0.29, 0.717) is 12.8 Å². The SMILES string of the molecule is C#CC#CC#CC#CC#CC(=O)OC[C@H](COP(=O)(O)OC1C(O)C(OP(=O)(O)O)C(OP(=O)(O)O)C(OP(=O)(O)O)[C@@H]1O)OC(=O)CCCCCCCCCCCCCCC. The first-order valence-electron chi connectivity index (χ1n) is 19.0. The van der Waals surface area contributed by atoms with Crippen molar-refractivity contribution in [1.82, 2.24) is 0 Å². The number of hydrogen-bond acceptors (Lipinski definition) is 15. The molecule has 8 atom stereocenters. The lowest BCUT2D eigenvalue weighted by atomic mass is 9.85. The minimum atomic E-state index is -5.81. The largest absolute Gasteiger partial charge is 0.472 e. The maximum absolute atomic E-state index is 13.1. The highest BCUT2D eigenvalue weighted by Crippen LogP contribution is 2.53. The van der Waals surface area contributed by atoms with E-state index in [2.05, 4.69) is 61.9 Å². The molecule has 0 saturated heterocycles. The molecule has 1 aliphatic carbocycles. The molecule has 26 heteroatoms. The van der Waals surface area contributed by atoms with E-state index < -0.39 is 99.2 Å². The quantitative estimate of drug-likeness (QED) is 0.0178. The number of aliphatic hydroxyl groups is 2. The summed E-state index contributed by atoms with van der Waals surface area (Å²) in [5, 5.41) is 21.7. The monoisotopic (exact) mass is 960 g/mol. The Hall–Kier alpha value is -2.90. The normalized spacial score (nSPS) is 21.4. The fraction of sp³-hybridized carbons (Fsp3) is 0.667. The van der Waals surface area contributed by atoms with Crippen LogP contribution in [0.3, 0.4) is 0 Å². The molecule has 0 spiro atoms. The van der Waals surface area contributed by atoms with Gasteiger partial charge in [0, 0.05) is 12.3 Å². The number of phosphoric acid groups is 4. The zero-order chi connectivity index (χ0) is 46.8. The van der Waals surface area contributed by atoms with Crippen molar-refractivity contribution in [1.29, 1.82) is 0 Å². The van der Waals surface area contributed by atoms with Gasteiger partial charge in [0.2, 0.25) is 0 Å². The summed E-state index contributed by atoms with van der Waals surface area (Å²) in [4.78, 5) is 91.6. The number of carbonyl (C=O) groups is 2. The summed E-state index contributed by atoms with van der Waals surface area (Å²) < 4.78 is 80.8. The van der Waals surface area contributed by atoms with Crippen LogP contribution in [-0.4, -0.2) is 112 Å². The van der Waals surface area contributed by atoms with Crippen LogP contribution in [0.1, 0.15) is 96.8 Å². The third-order valence-electron chi connectivity index (χ3n) is 8.24. The van der Waals surface area contributed by atoms with E-state index in [1.165, 1.54) is 38.5 Å². The maximum atomic E-state index is 13.1. The van der Waals surface area contributed by atoms with Crippen LogP contribution >= 0.6 is 31.3 Å². The molecule has 0 aliphatic heterocycles. The molecule has 0 aromatic carbocycles. The molecular formula is C36H52O22P4. The Balaban J connectivity index is 3.09. The van der Waals surface area contributed by atoms with Crippen molar-refractivity contribution in [2.75, 3.05) is 13.2 Å².